The molecule has 0 spiro atoms. The van der Waals surface area contributed by atoms with Gasteiger partial charge in [-0.2, -0.15) is 4.31 Å². The number of carbonyl (C=O) groups is 1. The molecule has 0 saturated carbocycles. The lowest BCUT2D eigenvalue weighted by Gasteiger charge is -2.34. The fraction of sp³-hybridized carbons (Fsp3) is 0.318. The van der Waals surface area contributed by atoms with E-state index in [0.29, 0.717) is 36.6 Å². The lowest BCUT2D eigenvalue weighted by molar-refractivity contribution is 0.0697. The SMILES string of the molecule is Cc1cc(C(=O)N2CCN(S(=O)(=O)c3ccccc3)CC2)c(C)n1Cc1cccs1. The first-order chi connectivity index (χ1) is 14.4. The average molecular weight is 444 g/mol. The lowest BCUT2D eigenvalue weighted by Crippen LogP contribution is -2.50. The van der Waals surface area contributed by atoms with E-state index in [0.717, 1.165) is 17.9 Å². The number of rotatable bonds is 5. The van der Waals surface area contributed by atoms with Gasteiger partial charge >= 0.3 is 0 Å². The molecule has 0 unspecified atom stereocenters. The normalized spacial score (nSPS) is 15.5. The van der Waals surface area contributed by atoms with Crippen LogP contribution in [0.4, 0.5) is 0 Å². The van der Waals surface area contributed by atoms with Crippen molar-refractivity contribution in [1.82, 2.24) is 13.8 Å². The molecular weight excluding hydrogens is 418 g/mol. The molecule has 0 N–H and O–H groups in total. The Balaban J connectivity index is 1.46. The van der Waals surface area contributed by atoms with E-state index in [2.05, 4.69) is 16.0 Å². The van der Waals surface area contributed by atoms with Gasteiger partial charge in [0, 0.05) is 42.4 Å². The number of aryl methyl sites for hydroxylation is 1. The van der Waals surface area contributed by atoms with Gasteiger partial charge in [-0.3, -0.25) is 4.79 Å². The van der Waals surface area contributed by atoms with Crippen LogP contribution in [-0.4, -0.2) is 54.3 Å². The monoisotopic (exact) mass is 443 g/mol. The van der Waals surface area contributed by atoms with Gasteiger partial charge in [0.1, 0.15) is 0 Å². The smallest absolute Gasteiger partial charge is 0.255 e. The summed E-state index contributed by atoms with van der Waals surface area (Å²) in [6, 6.07) is 14.5. The molecule has 8 heteroatoms. The van der Waals surface area contributed by atoms with Crippen LogP contribution < -0.4 is 0 Å². The number of sulfonamides is 1. The van der Waals surface area contributed by atoms with E-state index in [4.69, 9.17) is 0 Å². The first-order valence-corrected chi connectivity index (χ1v) is 12.2. The number of aromatic nitrogens is 1. The van der Waals surface area contributed by atoms with Crippen molar-refractivity contribution in [2.45, 2.75) is 25.3 Å². The summed E-state index contributed by atoms with van der Waals surface area (Å²) in [5.74, 6) is -0.0303. The zero-order valence-electron chi connectivity index (χ0n) is 17.1. The van der Waals surface area contributed by atoms with Gasteiger partial charge in [0.25, 0.3) is 5.91 Å². The Hall–Kier alpha value is -2.42. The minimum absolute atomic E-state index is 0.0303. The maximum Gasteiger partial charge on any atom is 0.255 e. The molecule has 4 rings (SSSR count). The van der Waals surface area contributed by atoms with Crippen LogP contribution in [0.3, 0.4) is 0 Å². The second-order valence-electron chi connectivity index (χ2n) is 7.46. The highest BCUT2D eigenvalue weighted by Crippen LogP contribution is 2.22. The largest absolute Gasteiger partial charge is 0.343 e. The summed E-state index contributed by atoms with van der Waals surface area (Å²) >= 11 is 1.70. The Bertz CT molecular complexity index is 1130. The summed E-state index contributed by atoms with van der Waals surface area (Å²) in [5, 5.41) is 2.05. The number of carbonyl (C=O) groups excluding carboxylic acids is 1. The molecule has 0 atom stereocenters. The third-order valence-electron chi connectivity index (χ3n) is 5.60. The van der Waals surface area contributed by atoms with Gasteiger partial charge in [0.2, 0.25) is 10.0 Å². The highest BCUT2D eigenvalue weighted by Gasteiger charge is 2.31. The van der Waals surface area contributed by atoms with Gasteiger partial charge in [-0.25, -0.2) is 8.42 Å². The Morgan fingerprint density at radius 2 is 1.70 bits per heavy atom. The highest BCUT2D eigenvalue weighted by atomic mass is 32.2. The van der Waals surface area contributed by atoms with Crippen LogP contribution in [0, 0.1) is 13.8 Å². The third-order valence-corrected chi connectivity index (χ3v) is 8.38. The van der Waals surface area contributed by atoms with E-state index in [-0.39, 0.29) is 5.91 Å². The number of benzene rings is 1. The second kappa shape index (κ2) is 8.37. The van der Waals surface area contributed by atoms with Gasteiger partial charge in [-0.05, 0) is 43.5 Å². The van der Waals surface area contributed by atoms with E-state index in [1.807, 2.05) is 26.0 Å². The van der Waals surface area contributed by atoms with Crippen LogP contribution >= 0.6 is 11.3 Å². The predicted molar refractivity (Wildman–Crippen MR) is 118 cm³/mol. The van der Waals surface area contributed by atoms with Crippen molar-refractivity contribution in [3.8, 4) is 0 Å². The second-order valence-corrected chi connectivity index (χ2v) is 10.4. The zero-order valence-corrected chi connectivity index (χ0v) is 18.7. The van der Waals surface area contributed by atoms with Crippen LogP contribution in [0.5, 0.6) is 0 Å². The van der Waals surface area contributed by atoms with E-state index in [9.17, 15) is 13.2 Å². The van der Waals surface area contributed by atoms with Crippen molar-refractivity contribution < 1.29 is 13.2 Å². The summed E-state index contributed by atoms with van der Waals surface area (Å²) < 4.78 is 29.2. The lowest BCUT2D eigenvalue weighted by atomic mass is 10.2. The van der Waals surface area contributed by atoms with Crippen molar-refractivity contribution in [2.24, 2.45) is 0 Å². The van der Waals surface area contributed by atoms with Gasteiger partial charge in [0.15, 0.2) is 0 Å². The standard InChI is InChI=1S/C22H25N3O3S2/c1-17-15-21(18(2)25(17)16-19-7-6-14-29-19)22(26)23-10-12-24(13-11-23)30(27,28)20-8-4-3-5-9-20/h3-9,14-15H,10-13,16H2,1-2H3. The number of amides is 1. The third kappa shape index (κ3) is 3.95. The van der Waals surface area contributed by atoms with Crippen LogP contribution in [0.2, 0.25) is 0 Å². The van der Waals surface area contributed by atoms with Gasteiger partial charge in [-0.15, -0.1) is 11.3 Å². The van der Waals surface area contributed by atoms with Crippen molar-refractivity contribution in [3.63, 3.8) is 0 Å². The van der Waals surface area contributed by atoms with E-state index >= 15 is 0 Å². The molecule has 1 aliphatic heterocycles. The quantitative estimate of drug-likeness (QED) is 0.607. The number of nitrogens with zero attached hydrogens (tertiary/aromatic N) is 3. The number of hydrogen-bond acceptors (Lipinski definition) is 4. The predicted octanol–water partition coefficient (Wildman–Crippen LogP) is 3.36. The molecule has 6 nitrogen and oxygen atoms in total. The van der Waals surface area contributed by atoms with Gasteiger partial charge in [-0.1, -0.05) is 24.3 Å². The molecule has 30 heavy (non-hydrogen) atoms. The molecule has 1 aromatic carbocycles. The Kier molecular flexibility index (Phi) is 5.81. The zero-order chi connectivity index (χ0) is 21.3. The van der Waals surface area contributed by atoms with Crippen molar-refractivity contribution in [3.05, 3.63) is 75.7 Å². The first kappa shape index (κ1) is 20.8. The van der Waals surface area contributed by atoms with Crippen LogP contribution in [0.25, 0.3) is 0 Å². The number of piperazine rings is 1. The minimum atomic E-state index is -3.52. The molecule has 0 bridgehead atoms. The van der Waals surface area contributed by atoms with Crippen LogP contribution in [-0.2, 0) is 16.6 Å². The number of thiophene rings is 1. The van der Waals surface area contributed by atoms with Crippen molar-refractivity contribution in [2.75, 3.05) is 26.2 Å². The Morgan fingerprint density at radius 3 is 2.33 bits per heavy atom. The summed E-state index contributed by atoms with van der Waals surface area (Å²) in [6.07, 6.45) is 0. The highest BCUT2D eigenvalue weighted by molar-refractivity contribution is 7.89. The molecule has 3 aromatic rings. The summed E-state index contributed by atoms with van der Waals surface area (Å²) in [7, 11) is -3.52. The molecule has 1 aliphatic rings. The fourth-order valence-electron chi connectivity index (χ4n) is 3.86. The molecule has 0 radical (unpaired) electrons. The number of hydrogen-bond donors (Lipinski definition) is 0. The molecule has 2 aromatic heterocycles. The van der Waals surface area contributed by atoms with Crippen molar-refractivity contribution in [1.29, 1.82) is 0 Å². The van der Waals surface area contributed by atoms with Gasteiger partial charge < -0.3 is 9.47 Å². The van der Waals surface area contributed by atoms with Crippen molar-refractivity contribution >= 4 is 27.3 Å². The van der Waals surface area contributed by atoms with Crippen LogP contribution in [0.1, 0.15) is 26.6 Å². The summed E-state index contributed by atoms with van der Waals surface area (Å²) in [6.45, 7) is 6.13. The van der Waals surface area contributed by atoms with Gasteiger partial charge in [0.05, 0.1) is 17.0 Å². The van der Waals surface area contributed by atoms with E-state index in [1.165, 1.54) is 9.18 Å². The van der Waals surface area contributed by atoms with E-state index in [1.54, 1.807) is 46.6 Å². The molecule has 1 amide bonds. The Labute approximate surface area is 181 Å². The maximum atomic E-state index is 13.2. The average Bonchev–Trinajstić information content (AvgIpc) is 3.38. The molecular formula is C22H25N3O3S2. The molecule has 1 saturated heterocycles. The Morgan fingerprint density at radius 1 is 1.00 bits per heavy atom. The summed E-state index contributed by atoms with van der Waals surface area (Å²) in [5.41, 5.74) is 2.70. The van der Waals surface area contributed by atoms with E-state index < -0.39 is 10.0 Å². The van der Waals surface area contributed by atoms with Crippen LogP contribution in [0.15, 0.2) is 58.8 Å². The molecule has 158 valence electrons. The minimum Gasteiger partial charge on any atom is -0.343 e. The molecule has 1 fully saturated rings. The molecule has 0 aliphatic carbocycles. The topological polar surface area (TPSA) is 62.6 Å². The fourth-order valence-corrected chi connectivity index (χ4v) is 6.00. The first-order valence-electron chi connectivity index (χ1n) is 9.91. The summed E-state index contributed by atoms with van der Waals surface area (Å²) in [4.78, 5) is 16.5. The molecule has 3 heterocycles. The maximum absolute atomic E-state index is 13.2.